The number of hydrogen-bond donors (Lipinski definition) is 2. The number of nitrogens with one attached hydrogen (secondary N) is 2. The molecule has 6 heteroatoms. The molecule has 0 bridgehead atoms. The van der Waals surface area contributed by atoms with Gasteiger partial charge in [-0.1, -0.05) is 0 Å². The van der Waals surface area contributed by atoms with Crippen molar-refractivity contribution in [3.8, 4) is 5.75 Å². The predicted molar refractivity (Wildman–Crippen MR) is 56.8 cm³/mol. The fraction of sp³-hybridized carbons (Fsp3) is 0.200. The number of hydrogen-bond acceptors (Lipinski definition) is 4. The average Bonchev–Trinajstić information content (AvgIpc) is 2.65. The molecule has 0 aliphatic heterocycles. The molecule has 0 spiro atoms. The van der Waals surface area contributed by atoms with Crippen molar-refractivity contribution in [2.75, 3.05) is 14.2 Å². The molecule has 1 aromatic heterocycles. The van der Waals surface area contributed by atoms with E-state index in [2.05, 4.69) is 14.7 Å². The molecular weight excluding hydrogens is 212 g/mol. The molecule has 0 saturated heterocycles. The van der Waals surface area contributed by atoms with E-state index in [1.54, 1.807) is 6.07 Å². The number of ether oxygens (including phenoxy) is 2. The molecule has 16 heavy (non-hydrogen) atoms. The molecule has 0 amide bonds. The van der Waals surface area contributed by atoms with Gasteiger partial charge in [-0.15, -0.1) is 0 Å². The summed E-state index contributed by atoms with van der Waals surface area (Å²) in [7, 11) is 2.73. The third-order valence-electron chi connectivity index (χ3n) is 2.24. The SMILES string of the molecule is COC(=O)c1cc2[nH]c(=O)[nH]c2cc1OC. The molecule has 84 valence electrons. The molecule has 2 rings (SSSR count). The number of benzene rings is 1. The summed E-state index contributed by atoms with van der Waals surface area (Å²) in [5.41, 5.74) is 1.05. The lowest BCUT2D eigenvalue weighted by molar-refractivity contribution is 0.0597. The van der Waals surface area contributed by atoms with Crippen LogP contribution >= 0.6 is 0 Å². The molecule has 2 N–H and O–H groups in total. The fourth-order valence-electron chi connectivity index (χ4n) is 1.50. The maximum atomic E-state index is 11.4. The van der Waals surface area contributed by atoms with Gasteiger partial charge in [-0.05, 0) is 6.07 Å². The fourth-order valence-corrected chi connectivity index (χ4v) is 1.50. The highest BCUT2D eigenvalue weighted by atomic mass is 16.5. The standard InChI is InChI=1S/C10H10N2O4/c1-15-8-4-7-6(11-10(14)12-7)3-5(8)9(13)16-2/h3-4H,1-2H3,(H2,11,12,14). The third-order valence-corrected chi connectivity index (χ3v) is 2.24. The molecule has 2 aromatic rings. The molecule has 0 aliphatic rings. The van der Waals surface area contributed by atoms with Crippen LogP contribution < -0.4 is 10.4 Å². The lowest BCUT2D eigenvalue weighted by Crippen LogP contribution is -2.04. The number of rotatable bonds is 2. The minimum atomic E-state index is -0.513. The number of fused-ring (bicyclic) bond motifs is 1. The van der Waals surface area contributed by atoms with E-state index < -0.39 is 5.97 Å². The highest BCUT2D eigenvalue weighted by Crippen LogP contribution is 2.23. The van der Waals surface area contributed by atoms with E-state index in [9.17, 15) is 9.59 Å². The van der Waals surface area contributed by atoms with Gasteiger partial charge >= 0.3 is 11.7 Å². The van der Waals surface area contributed by atoms with Crippen molar-refractivity contribution in [1.82, 2.24) is 9.97 Å². The molecule has 0 radical (unpaired) electrons. The maximum absolute atomic E-state index is 11.4. The number of aromatic amines is 2. The zero-order valence-corrected chi connectivity index (χ0v) is 8.79. The number of carbonyl (C=O) groups excluding carboxylic acids is 1. The molecule has 1 heterocycles. The zero-order chi connectivity index (χ0) is 11.7. The van der Waals surface area contributed by atoms with Gasteiger partial charge in [-0.2, -0.15) is 0 Å². The number of methoxy groups -OCH3 is 2. The number of esters is 1. The van der Waals surface area contributed by atoms with Crippen molar-refractivity contribution in [1.29, 1.82) is 0 Å². The Morgan fingerprint density at radius 2 is 1.81 bits per heavy atom. The Hall–Kier alpha value is -2.24. The lowest BCUT2D eigenvalue weighted by Gasteiger charge is -2.06. The van der Waals surface area contributed by atoms with Gasteiger partial charge in [0, 0.05) is 6.07 Å². The Balaban J connectivity index is 2.71. The molecule has 6 nitrogen and oxygen atoms in total. The van der Waals surface area contributed by atoms with Crippen molar-refractivity contribution < 1.29 is 14.3 Å². The summed E-state index contributed by atoms with van der Waals surface area (Å²) >= 11 is 0. The summed E-state index contributed by atoms with van der Waals surface area (Å²) in [4.78, 5) is 27.6. The van der Waals surface area contributed by atoms with E-state index in [0.717, 1.165) is 0 Å². The summed E-state index contributed by atoms with van der Waals surface area (Å²) in [5.74, 6) is -0.157. The third kappa shape index (κ3) is 1.54. The van der Waals surface area contributed by atoms with E-state index in [1.165, 1.54) is 20.3 Å². The van der Waals surface area contributed by atoms with Crippen LogP contribution in [0, 0.1) is 0 Å². The van der Waals surface area contributed by atoms with Crippen molar-refractivity contribution >= 4 is 17.0 Å². The van der Waals surface area contributed by atoms with Crippen molar-refractivity contribution in [3.05, 3.63) is 28.2 Å². The van der Waals surface area contributed by atoms with Gasteiger partial charge in [0.25, 0.3) is 0 Å². The molecular formula is C10H10N2O4. The van der Waals surface area contributed by atoms with E-state index >= 15 is 0 Å². The topological polar surface area (TPSA) is 84.2 Å². The van der Waals surface area contributed by atoms with Crippen LogP contribution in [0.25, 0.3) is 11.0 Å². The average molecular weight is 222 g/mol. The minimum Gasteiger partial charge on any atom is -0.496 e. The predicted octanol–water partition coefficient (Wildman–Crippen LogP) is 0.651. The second kappa shape index (κ2) is 3.73. The Kier molecular flexibility index (Phi) is 2.40. The molecule has 1 aromatic carbocycles. The number of carbonyl (C=O) groups is 1. The van der Waals surface area contributed by atoms with Gasteiger partial charge in [0.2, 0.25) is 0 Å². The minimum absolute atomic E-state index is 0.271. The van der Waals surface area contributed by atoms with Gasteiger partial charge in [0.15, 0.2) is 0 Å². The van der Waals surface area contributed by atoms with Crippen LogP contribution in [0.1, 0.15) is 10.4 Å². The normalized spacial score (nSPS) is 10.4. The second-order valence-electron chi connectivity index (χ2n) is 3.17. The summed E-state index contributed by atoms with van der Waals surface area (Å²) in [6.45, 7) is 0. The number of aromatic nitrogens is 2. The van der Waals surface area contributed by atoms with E-state index in [-0.39, 0.29) is 11.3 Å². The highest BCUT2D eigenvalue weighted by molar-refractivity contribution is 5.96. The first-order valence-corrected chi connectivity index (χ1v) is 4.54. The van der Waals surface area contributed by atoms with Gasteiger partial charge in [-0.3, -0.25) is 0 Å². The second-order valence-corrected chi connectivity index (χ2v) is 3.17. The summed E-state index contributed by atoms with van der Waals surface area (Å²) in [6, 6.07) is 3.08. The van der Waals surface area contributed by atoms with E-state index in [0.29, 0.717) is 16.8 Å². The Morgan fingerprint density at radius 1 is 1.19 bits per heavy atom. The van der Waals surface area contributed by atoms with Crippen molar-refractivity contribution in [2.24, 2.45) is 0 Å². The maximum Gasteiger partial charge on any atom is 0.341 e. The largest absolute Gasteiger partial charge is 0.496 e. The van der Waals surface area contributed by atoms with E-state index in [1.807, 2.05) is 0 Å². The molecule has 0 unspecified atom stereocenters. The number of imidazole rings is 1. The lowest BCUT2D eigenvalue weighted by atomic mass is 10.2. The summed E-state index contributed by atoms with van der Waals surface area (Å²) in [5, 5.41) is 0. The van der Waals surface area contributed by atoms with Gasteiger partial charge in [0.05, 0.1) is 25.3 Å². The Labute approximate surface area is 90.2 Å². The van der Waals surface area contributed by atoms with Gasteiger partial charge < -0.3 is 19.4 Å². The van der Waals surface area contributed by atoms with Crippen molar-refractivity contribution in [2.45, 2.75) is 0 Å². The Bertz CT molecular complexity index is 596. The van der Waals surface area contributed by atoms with Crippen LogP contribution in [0.2, 0.25) is 0 Å². The zero-order valence-electron chi connectivity index (χ0n) is 8.79. The van der Waals surface area contributed by atoms with Crippen LogP contribution in [-0.4, -0.2) is 30.2 Å². The van der Waals surface area contributed by atoms with Crippen molar-refractivity contribution in [3.63, 3.8) is 0 Å². The molecule has 0 saturated carbocycles. The van der Waals surface area contributed by atoms with Crippen LogP contribution in [0.3, 0.4) is 0 Å². The number of H-pyrrole nitrogens is 2. The first kappa shape index (κ1) is 10.3. The molecule has 0 aliphatic carbocycles. The van der Waals surface area contributed by atoms with Crippen LogP contribution in [0.15, 0.2) is 16.9 Å². The first-order valence-electron chi connectivity index (χ1n) is 4.54. The summed E-state index contributed by atoms with van der Waals surface area (Å²) < 4.78 is 9.66. The molecule has 0 fully saturated rings. The highest BCUT2D eigenvalue weighted by Gasteiger charge is 2.14. The Morgan fingerprint density at radius 3 is 2.38 bits per heavy atom. The van der Waals surface area contributed by atoms with E-state index in [4.69, 9.17) is 4.74 Å². The quantitative estimate of drug-likeness (QED) is 0.731. The summed E-state index contributed by atoms with van der Waals surface area (Å²) in [6.07, 6.45) is 0. The monoisotopic (exact) mass is 222 g/mol. The van der Waals surface area contributed by atoms with Gasteiger partial charge in [-0.25, -0.2) is 9.59 Å². The first-order chi connectivity index (χ1) is 7.65. The van der Waals surface area contributed by atoms with Crippen LogP contribution in [-0.2, 0) is 4.74 Å². The van der Waals surface area contributed by atoms with Gasteiger partial charge in [0.1, 0.15) is 11.3 Å². The smallest absolute Gasteiger partial charge is 0.341 e. The molecule has 0 atom stereocenters. The van der Waals surface area contributed by atoms with Crippen LogP contribution in [0.4, 0.5) is 0 Å². The van der Waals surface area contributed by atoms with Crippen LogP contribution in [0.5, 0.6) is 5.75 Å².